The number of nitrogens with one attached hydrogen (secondary N) is 1. The van der Waals surface area contributed by atoms with Crippen molar-refractivity contribution >= 4 is 6.09 Å². The van der Waals surface area contributed by atoms with E-state index < -0.39 is 5.60 Å². The van der Waals surface area contributed by atoms with Gasteiger partial charge in [-0.3, -0.25) is 0 Å². The van der Waals surface area contributed by atoms with Gasteiger partial charge in [0.1, 0.15) is 11.3 Å². The van der Waals surface area contributed by atoms with E-state index in [-0.39, 0.29) is 16.9 Å². The molecule has 0 saturated heterocycles. The highest BCUT2D eigenvalue weighted by Gasteiger charge is 2.52. The van der Waals surface area contributed by atoms with Gasteiger partial charge in [-0.1, -0.05) is 5.16 Å². The van der Waals surface area contributed by atoms with Crippen molar-refractivity contribution in [3.63, 3.8) is 0 Å². The molecule has 0 aliphatic heterocycles. The molecule has 1 N–H and O–H groups in total. The molecule has 0 aromatic carbocycles. The van der Waals surface area contributed by atoms with Crippen molar-refractivity contribution in [3.8, 4) is 17.4 Å². The fourth-order valence-electron chi connectivity index (χ4n) is 4.51. The Bertz CT molecular complexity index is 878. The van der Waals surface area contributed by atoms with Gasteiger partial charge in [-0.15, -0.1) is 10.2 Å². The Hall–Kier alpha value is -2.71. The largest absolute Gasteiger partial charge is 0.480 e. The van der Waals surface area contributed by atoms with E-state index in [1.165, 1.54) is 0 Å². The molecular weight excluding hydrogens is 386 g/mol. The van der Waals surface area contributed by atoms with Gasteiger partial charge in [0.25, 0.3) is 0 Å². The number of rotatable bonds is 5. The number of aromatic nitrogens is 4. The first kappa shape index (κ1) is 20.6. The van der Waals surface area contributed by atoms with Crippen molar-refractivity contribution < 1.29 is 18.8 Å². The van der Waals surface area contributed by atoms with Crippen LogP contribution in [-0.4, -0.2) is 45.7 Å². The first-order valence-corrected chi connectivity index (χ1v) is 10.4. The van der Waals surface area contributed by atoms with E-state index in [9.17, 15) is 4.79 Å². The number of ether oxygens (including phenoxy) is 2. The lowest BCUT2D eigenvalue weighted by Gasteiger charge is -2.51. The van der Waals surface area contributed by atoms with Gasteiger partial charge in [-0.05, 0) is 70.8 Å². The summed E-state index contributed by atoms with van der Waals surface area (Å²) in [5, 5.41) is 15.2. The highest BCUT2D eigenvalue weighted by atomic mass is 16.6. The average molecular weight is 415 g/mol. The second kappa shape index (κ2) is 7.52. The maximum atomic E-state index is 12.0. The van der Waals surface area contributed by atoms with Crippen molar-refractivity contribution in [2.75, 3.05) is 13.7 Å². The van der Waals surface area contributed by atoms with Crippen molar-refractivity contribution in [2.45, 2.75) is 70.3 Å². The molecule has 2 heterocycles. The van der Waals surface area contributed by atoms with Crippen LogP contribution in [-0.2, 0) is 10.2 Å². The first-order chi connectivity index (χ1) is 14.2. The normalized spacial score (nSPS) is 25.7. The minimum atomic E-state index is -0.486. The topological polar surface area (TPSA) is 112 Å². The summed E-state index contributed by atoms with van der Waals surface area (Å²) in [6, 6.07) is 3.50. The van der Waals surface area contributed by atoms with E-state index in [2.05, 4.69) is 25.7 Å². The van der Waals surface area contributed by atoms with Gasteiger partial charge < -0.3 is 19.3 Å². The molecule has 0 atom stereocenters. The second-order valence-electron chi connectivity index (χ2n) is 9.52. The summed E-state index contributed by atoms with van der Waals surface area (Å²) in [5.41, 5.74) is 0.117. The lowest BCUT2D eigenvalue weighted by molar-refractivity contribution is 0.0152. The van der Waals surface area contributed by atoms with Crippen LogP contribution in [0.1, 0.15) is 65.2 Å². The molecule has 1 amide bonds. The maximum Gasteiger partial charge on any atom is 0.407 e. The van der Waals surface area contributed by atoms with Gasteiger partial charge in [0, 0.05) is 18.0 Å². The summed E-state index contributed by atoms with van der Waals surface area (Å²) in [4.78, 5) is 16.7. The van der Waals surface area contributed by atoms with Crippen LogP contribution >= 0.6 is 0 Å². The minimum Gasteiger partial charge on any atom is -0.480 e. The number of hydrogen-bond donors (Lipinski definition) is 1. The zero-order valence-corrected chi connectivity index (χ0v) is 18.0. The quantitative estimate of drug-likeness (QED) is 0.787. The molecule has 9 heteroatoms. The monoisotopic (exact) mass is 415 g/mol. The Morgan fingerprint density at radius 1 is 1.13 bits per heavy atom. The van der Waals surface area contributed by atoms with Crippen molar-refractivity contribution in [2.24, 2.45) is 5.41 Å². The second-order valence-corrected chi connectivity index (χ2v) is 9.52. The van der Waals surface area contributed by atoms with E-state index in [0.29, 0.717) is 29.8 Å². The molecule has 162 valence electrons. The summed E-state index contributed by atoms with van der Waals surface area (Å²) in [7, 11) is 1.55. The average Bonchev–Trinajstić information content (AvgIpc) is 3.24. The Morgan fingerprint density at radius 2 is 1.83 bits per heavy atom. The Morgan fingerprint density at radius 3 is 2.40 bits per heavy atom. The third kappa shape index (κ3) is 4.11. The minimum absolute atomic E-state index is 0.0845. The Kier molecular flexibility index (Phi) is 5.15. The highest BCUT2D eigenvalue weighted by molar-refractivity contribution is 5.67. The number of fused-ring (bicyclic) bond motifs is 3. The fourth-order valence-corrected chi connectivity index (χ4v) is 4.51. The number of methoxy groups -OCH3 is 1. The lowest BCUT2D eigenvalue weighted by atomic mass is 9.53. The van der Waals surface area contributed by atoms with Crippen molar-refractivity contribution in [1.29, 1.82) is 0 Å². The Balaban J connectivity index is 1.39. The SMILES string of the molecule is COc1ccc(-c2noc(C34CCC(CNC(=O)OC(C)(C)C)(CC3)CC4)n2)nn1. The fraction of sp³-hybridized carbons (Fsp3) is 0.667. The molecule has 3 aliphatic carbocycles. The molecule has 30 heavy (non-hydrogen) atoms. The van der Waals surface area contributed by atoms with Gasteiger partial charge in [-0.25, -0.2) is 4.79 Å². The van der Waals surface area contributed by atoms with Crippen LogP contribution in [0.15, 0.2) is 16.7 Å². The number of hydrogen-bond acceptors (Lipinski definition) is 8. The third-order valence-electron chi connectivity index (χ3n) is 6.37. The summed E-state index contributed by atoms with van der Waals surface area (Å²) in [6.07, 6.45) is 5.62. The lowest BCUT2D eigenvalue weighted by Crippen LogP contribution is -2.49. The van der Waals surface area contributed by atoms with Crippen LogP contribution in [0.5, 0.6) is 5.88 Å². The van der Waals surface area contributed by atoms with Gasteiger partial charge >= 0.3 is 6.09 Å². The molecule has 3 fully saturated rings. The number of amides is 1. The molecular formula is C21H29N5O4. The van der Waals surface area contributed by atoms with Crippen LogP contribution in [0.25, 0.3) is 11.5 Å². The number of nitrogens with zero attached hydrogens (tertiary/aromatic N) is 4. The molecule has 9 nitrogen and oxygen atoms in total. The molecule has 2 bridgehead atoms. The molecule has 2 aromatic heterocycles. The van der Waals surface area contributed by atoms with Gasteiger partial charge in [0.15, 0.2) is 0 Å². The highest BCUT2D eigenvalue weighted by Crippen LogP contribution is 2.57. The van der Waals surface area contributed by atoms with Gasteiger partial charge in [-0.2, -0.15) is 4.98 Å². The summed E-state index contributed by atoms with van der Waals surface area (Å²) in [5.74, 6) is 1.57. The van der Waals surface area contributed by atoms with E-state index in [1.807, 2.05) is 20.8 Å². The predicted molar refractivity (Wildman–Crippen MR) is 108 cm³/mol. The van der Waals surface area contributed by atoms with Crippen LogP contribution in [0.3, 0.4) is 0 Å². The Labute approximate surface area is 175 Å². The van der Waals surface area contributed by atoms with Crippen LogP contribution in [0.4, 0.5) is 4.79 Å². The molecule has 0 radical (unpaired) electrons. The predicted octanol–water partition coefficient (Wildman–Crippen LogP) is 3.65. The molecule has 0 spiro atoms. The van der Waals surface area contributed by atoms with E-state index in [1.54, 1.807) is 19.2 Å². The number of carbonyl (C=O) groups is 1. The molecule has 5 rings (SSSR count). The van der Waals surface area contributed by atoms with Crippen LogP contribution in [0.2, 0.25) is 0 Å². The first-order valence-electron chi connectivity index (χ1n) is 10.4. The third-order valence-corrected chi connectivity index (χ3v) is 6.37. The zero-order chi connectivity index (χ0) is 21.4. The van der Waals surface area contributed by atoms with Gasteiger partial charge in [0.05, 0.1) is 7.11 Å². The molecule has 3 saturated carbocycles. The molecule has 0 unspecified atom stereocenters. The molecule has 3 aliphatic rings. The number of alkyl carbamates (subject to hydrolysis) is 1. The smallest absolute Gasteiger partial charge is 0.407 e. The summed E-state index contributed by atoms with van der Waals surface area (Å²) < 4.78 is 16.1. The van der Waals surface area contributed by atoms with Gasteiger partial charge in [0.2, 0.25) is 17.6 Å². The van der Waals surface area contributed by atoms with Crippen molar-refractivity contribution in [1.82, 2.24) is 25.7 Å². The zero-order valence-electron chi connectivity index (χ0n) is 18.0. The number of carbonyl (C=O) groups excluding carboxylic acids is 1. The van der Waals surface area contributed by atoms with E-state index in [4.69, 9.17) is 14.0 Å². The van der Waals surface area contributed by atoms with E-state index >= 15 is 0 Å². The van der Waals surface area contributed by atoms with Crippen LogP contribution in [0, 0.1) is 5.41 Å². The van der Waals surface area contributed by atoms with Crippen molar-refractivity contribution in [3.05, 3.63) is 18.0 Å². The summed E-state index contributed by atoms with van der Waals surface area (Å²) in [6.45, 7) is 6.26. The standard InChI is InChI=1S/C21H29N5O4/c1-19(2,3)29-18(27)22-13-20-7-10-21(11-8-20,12-9-20)17-23-16(26-30-17)14-5-6-15(28-4)25-24-14/h5-6H,7-13H2,1-4H3,(H,22,27). The molecule has 2 aromatic rings. The maximum absolute atomic E-state index is 12.0. The van der Waals surface area contributed by atoms with Crippen LogP contribution < -0.4 is 10.1 Å². The summed E-state index contributed by atoms with van der Waals surface area (Å²) >= 11 is 0. The van der Waals surface area contributed by atoms with E-state index in [0.717, 1.165) is 38.5 Å².